The summed E-state index contributed by atoms with van der Waals surface area (Å²) in [6.07, 6.45) is -4.69. The molecule has 3 aromatic rings. The number of aromatic nitrogens is 3. The molecule has 1 aliphatic carbocycles. The Hall–Kier alpha value is -2.53. The fourth-order valence-electron chi connectivity index (χ4n) is 4.02. The lowest BCUT2D eigenvalue weighted by Gasteiger charge is -2.32. The van der Waals surface area contributed by atoms with Gasteiger partial charge in [0.2, 0.25) is 11.9 Å². The van der Waals surface area contributed by atoms with Gasteiger partial charge in [-0.15, -0.1) is 16.4 Å². The highest BCUT2D eigenvalue weighted by atomic mass is 32.1. The SMILES string of the molecule is O=C(Nc1nc2cccc(-c3ccc(CN4CCC(C(F)(F)F)CC4)s3)n2n1)[C@H]1C[C@@H]1F. The number of nitrogens with one attached hydrogen (secondary N) is 1. The highest BCUT2D eigenvalue weighted by molar-refractivity contribution is 7.15. The molecule has 1 aliphatic heterocycles. The number of alkyl halides is 4. The third-order valence-corrected chi connectivity index (χ3v) is 7.08. The number of hydrogen-bond donors (Lipinski definition) is 1. The van der Waals surface area contributed by atoms with Gasteiger partial charge in [0.1, 0.15) is 6.17 Å². The standard InChI is InChI=1S/C21H21F4N5OS/c22-15-10-14(15)19(31)27-20-26-18-3-1-2-16(30(18)28-20)17-5-4-13(32-17)11-29-8-6-12(7-9-29)21(23,24)25/h1-5,12,14-15H,6-11H2,(H,27,28,31)/t14-,15-/m0/s1. The lowest BCUT2D eigenvalue weighted by Crippen LogP contribution is -2.38. The van der Waals surface area contributed by atoms with E-state index in [1.807, 2.05) is 24.3 Å². The predicted molar refractivity (Wildman–Crippen MR) is 112 cm³/mol. The van der Waals surface area contributed by atoms with E-state index in [1.54, 1.807) is 21.9 Å². The van der Waals surface area contributed by atoms with Crippen LogP contribution >= 0.6 is 11.3 Å². The number of hydrogen-bond acceptors (Lipinski definition) is 5. The molecule has 5 rings (SSSR count). The zero-order chi connectivity index (χ0) is 22.5. The molecular formula is C21H21F4N5OS. The van der Waals surface area contributed by atoms with Crippen LogP contribution in [0, 0.1) is 11.8 Å². The van der Waals surface area contributed by atoms with E-state index >= 15 is 0 Å². The number of rotatable bonds is 5. The van der Waals surface area contributed by atoms with Crippen LogP contribution in [0.25, 0.3) is 16.2 Å². The molecule has 0 aromatic carbocycles. The number of fused-ring (bicyclic) bond motifs is 1. The van der Waals surface area contributed by atoms with Gasteiger partial charge in [0.15, 0.2) is 5.65 Å². The van der Waals surface area contributed by atoms with E-state index in [4.69, 9.17) is 0 Å². The van der Waals surface area contributed by atoms with E-state index < -0.39 is 30.1 Å². The van der Waals surface area contributed by atoms with Crippen molar-refractivity contribution in [3.8, 4) is 10.6 Å². The molecule has 2 fully saturated rings. The second-order valence-corrected chi connectivity index (χ2v) is 9.49. The van der Waals surface area contributed by atoms with Crippen molar-refractivity contribution in [1.82, 2.24) is 19.5 Å². The monoisotopic (exact) mass is 467 g/mol. The van der Waals surface area contributed by atoms with Crippen molar-refractivity contribution in [2.75, 3.05) is 18.4 Å². The van der Waals surface area contributed by atoms with Crippen LogP contribution < -0.4 is 5.32 Å². The van der Waals surface area contributed by atoms with Crippen molar-refractivity contribution in [3.05, 3.63) is 35.2 Å². The molecule has 4 heterocycles. The molecule has 2 aliphatic rings. The largest absolute Gasteiger partial charge is 0.391 e. The number of halogens is 4. The summed E-state index contributed by atoms with van der Waals surface area (Å²) >= 11 is 1.55. The van der Waals surface area contributed by atoms with Crippen LogP contribution in [0.4, 0.5) is 23.5 Å². The first-order valence-corrected chi connectivity index (χ1v) is 11.3. The van der Waals surface area contributed by atoms with Crippen molar-refractivity contribution in [1.29, 1.82) is 0 Å². The molecular weight excluding hydrogens is 446 g/mol. The van der Waals surface area contributed by atoms with Gasteiger partial charge >= 0.3 is 6.18 Å². The molecule has 3 aromatic heterocycles. The van der Waals surface area contributed by atoms with Gasteiger partial charge in [-0.3, -0.25) is 15.0 Å². The zero-order valence-corrected chi connectivity index (χ0v) is 17.8. The predicted octanol–water partition coefficient (Wildman–Crippen LogP) is 4.53. The molecule has 0 bridgehead atoms. The third-order valence-electron chi connectivity index (χ3n) is 5.99. The first-order valence-electron chi connectivity index (χ1n) is 10.5. The van der Waals surface area contributed by atoms with Gasteiger partial charge in [-0.25, -0.2) is 8.91 Å². The number of piperidine rings is 1. The second-order valence-electron chi connectivity index (χ2n) is 8.32. The van der Waals surface area contributed by atoms with Gasteiger partial charge < -0.3 is 0 Å². The van der Waals surface area contributed by atoms with Crippen LogP contribution in [-0.2, 0) is 11.3 Å². The molecule has 0 radical (unpaired) electrons. The van der Waals surface area contributed by atoms with Crippen LogP contribution in [0.1, 0.15) is 24.1 Å². The third kappa shape index (κ3) is 4.36. The second kappa shape index (κ2) is 8.11. The highest BCUT2D eigenvalue weighted by Gasteiger charge is 2.44. The van der Waals surface area contributed by atoms with E-state index in [2.05, 4.69) is 20.3 Å². The van der Waals surface area contributed by atoms with Crippen LogP contribution in [-0.4, -0.2) is 50.8 Å². The molecule has 0 spiro atoms. The smallest absolute Gasteiger partial charge is 0.298 e. The van der Waals surface area contributed by atoms with Gasteiger partial charge in [0, 0.05) is 11.4 Å². The van der Waals surface area contributed by atoms with Gasteiger partial charge in [0.25, 0.3) is 0 Å². The fraction of sp³-hybridized carbons (Fsp3) is 0.476. The Balaban J connectivity index is 1.28. The number of likely N-dealkylation sites (tertiary alicyclic amines) is 1. The molecule has 32 heavy (non-hydrogen) atoms. The lowest BCUT2D eigenvalue weighted by atomic mass is 9.96. The molecule has 170 valence electrons. The minimum atomic E-state index is -4.11. The summed E-state index contributed by atoms with van der Waals surface area (Å²) in [5.41, 5.74) is 1.34. The maximum atomic E-state index is 13.1. The number of amides is 1. The van der Waals surface area contributed by atoms with E-state index in [0.29, 0.717) is 25.3 Å². The number of carbonyl (C=O) groups excluding carboxylic acids is 1. The quantitative estimate of drug-likeness (QED) is 0.560. The van der Waals surface area contributed by atoms with Crippen molar-refractivity contribution in [2.45, 2.75) is 38.2 Å². The average molecular weight is 467 g/mol. The number of pyridine rings is 1. The molecule has 2 atom stereocenters. The van der Waals surface area contributed by atoms with E-state index in [1.165, 1.54) is 0 Å². The Kier molecular flexibility index (Phi) is 5.40. The molecule has 0 unspecified atom stereocenters. The normalized spacial score (nSPS) is 22.4. The topological polar surface area (TPSA) is 62.5 Å². The molecule has 1 saturated heterocycles. The first-order chi connectivity index (χ1) is 15.3. The zero-order valence-electron chi connectivity index (χ0n) is 17.0. The maximum Gasteiger partial charge on any atom is 0.391 e. The lowest BCUT2D eigenvalue weighted by molar-refractivity contribution is -0.185. The van der Waals surface area contributed by atoms with E-state index in [9.17, 15) is 22.4 Å². The molecule has 6 nitrogen and oxygen atoms in total. The summed E-state index contributed by atoms with van der Waals surface area (Å²) in [5.74, 6) is -2.11. The summed E-state index contributed by atoms with van der Waals surface area (Å²) in [6.45, 7) is 1.47. The summed E-state index contributed by atoms with van der Waals surface area (Å²) in [6, 6.07) is 9.42. The summed E-state index contributed by atoms with van der Waals surface area (Å²) in [5, 5.41) is 6.93. The Morgan fingerprint density at radius 1 is 1.19 bits per heavy atom. The van der Waals surface area contributed by atoms with E-state index in [0.717, 1.165) is 15.4 Å². The van der Waals surface area contributed by atoms with Crippen LogP contribution in [0.3, 0.4) is 0 Å². The number of anilines is 1. The number of carbonyl (C=O) groups is 1. The molecule has 1 saturated carbocycles. The van der Waals surface area contributed by atoms with Gasteiger partial charge in [0.05, 0.1) is 22.4 Å². The van der Waals surface area contributed by atoms with Crippen molar-refractivity contribution < 1.29 is 22.4 Å². The Morgan fingerprint density at radius 3 is 2.62 bits per heavy atom. The average Bonchev–Trinajstić information content (AvgIpc) is 3.11. The van der Waals surface area contributed by atoms with Gasteiger partial charge in [-0.1, -0.05) is 6.07 Å². The number of thiophene rings is 1. The van der Waals surface area contributed by atoms with Gasteiger partial charge in [-0.05, 0) is 56.6 Å². The van der Waals surface area contributed by atoms with Crippen LogP contribution in [0.15, 0.2) is 30.3 Å². The van der Waals surface area contributed by atoms with Gasteiger partial charge in [-0.2, -0.15) is 18.2 Å². The fourth-order valence-corrected chi connectivity index (χ4v) is 5.08. The summed E-state index contributed by atoms with van der Waals surface area (Å²) in [4.78, 5) is 20.3. The minimum Gasteiger partial charge on any atom is -0.298 e. The Morgan fingerprint density at radius 2 is 1.94 bits per heavy atom. The molecule has 1 N–H and O–H groups in total. The van der Waals surface area contributed by atoms with Crippen molar-refractivity contribution in [2.24, 2.45) is 11.8 Å². The van der Waals surface area contributed by atoms with Crippen molar-refractivity contribution in [3.63, 3.8) is 0 Å². The van der Waals surface area contributed by atoms with Crippen LogP contribution in [0.2, 0.25) is 0 Å². The Bertz CT molecular complexity index is 1130. The summed E-state index contributed by atoms with van der Waals surface area (Å²) in [7, 11) is 0. The summed E-state index contributed by atoms with van der Waals surface area (Å²) < 4.78 is 53.4. The number of nitrogens with zero attached hydrogens (tertiary/aromatic N) is 4. The Labute approximate surface area is 185 Å². The van der Waals surface area contributed by atoms with Crippen LogP contribution in [0.5, 0.6) is 0 Å². The molecule has 11 heteroatoms. The van der Waals surface area contributed by atoms with Crippen molar-refractivity contribution >= 4 is 28.8 Å². The van der Waals surface area contributed by atoms with E-state index in [-0.39, 0.29) is 25.2 Å². The highest BCUT2D eigenvalue weighted by Crippen LogP contribution is 2.36. The maximum absolute atomic E-state index is 13.1. The molecule has 1 amide bonds. The first kappa shape index (κ1) is 21.3. The minimum absolute atomic E-state index is 0.130.